The highest BCUT2D eigenvalue weighted by atomic mass is 16.5. The second kappa shape index (κ2) is 11.3. The summed E-state index contributed by atoms with van der Waals surface area (Å²) in [6.45, 7) is 2.79. The Labute approximate surface area is 181 Å². The summed E-state index contributed by atoms with van der Waals surface area (Å²) in [6, 6.07) is 16.9. The summed E-state index contributed by atoms with van der Waals surface area (Å²) in [5.41, 5.74) is 5.62. The molecule has 0 spiro atoms. The molecule has 7 nitrogen and oxygen atoms in total. The van der Waals surface area contributed by atoms with Crippen LogP contribution in [0.15, 0.2) is 73.1 Å². The monoisotopic (exact) mass is 419 g/mol. The zero-order chi connectivity index (χ0) is 21.9. The Bertz CT molecular complexity index is 974. The van der Waals surface area contributed by atoms with E-state index in [1.54, 1.807) is 73.1 Å². The molecule has 31 heavy (non-hydrogen) atoms. The first-order valence-corrected chi connectivity index (χ1v) is 10.2. The summed E-state index contributed by atoms with van der Waals surface area (Å²) in [7, 11) is 0. The molecule has 7 heteroatoms. The topological polar surface area (TPSA) is 89.6 Å². The van der Waals surface area contributed by atoms with E-state index in [0.29, 0.717) is 35.0 Å². The first-order valence-electron chi connectivity index (χ1n) is 10.2. The van der Waals surface area contributed by atoms with Gasteiger partial charge in [0.15, 0.2) is 0 Å². The summed E-state index contributed by atoms with van der Waals surface area (Å²) in [6.07, 6.45) is 6.52. The van der Waals surface area contributed by atoms with Crippen molar-refractivity contribution in [2.24, 2.45) is 0 Å². The quantitative estimate of drug-likeness (QED) is 0.393. The predicted octanol–water partition coefficient (Wildman–Crippen LogP) is 4.52. The van der Waals surface area contributed by atoms with Crippen molar-refractivity contribution in [3.8, 4) is 17.2 Å². The fourth-order valence-corrected chi connectivity index (χ4v) is 2.72. The zero-order valence-electron chi connectivity index (χ0n) is 17.3. The molecule has 0 unspecified atom stereocenters. The minimum Gasteiger partial charge on any atom is -0.494 e. The lowest BCUT2D eigenvalue weighted by Crippen LogP contribution is -2.41. The van der Waals surface area contributed by atoms with Gasteiger partial charge < -0.3 is 9.47 Å². The molecule has 3 aromatic rings. The van der Waals surface area contributed by atoms with Crippen molar-refractivity contribution in [1.29, 1.82) is 0 Å². The second-order valence-corrected chi connectivity index (χ2v) is 6.80. The predicted molar refractivity (Wildman–Crippen MR) is 117 cm³/mol. The molecular weight excluding hydrogens is 394 g/mol. The van der Waals surface area contributed by atoms with E-state index in [-0.39, 0.29) is 0 Å². The van der Waals surface area contributed by atoms with Crippen molar-refractivity contribution >= 4 is 11.8 Å². The SMILES string of the molecule is CCCCCOc1ccc(C(=O)NNC(=O)c2ccc(Oc3cccnc3)cc2)cc1. The summed E-state index contributed by atoms with van der Waals surface area (Å²) in [5, 5.41) is 0. The largest absolute Gasteiger partial charge is 0.494 e. The Balaban J connectivity index is 1.46. The van der Waals surface area contributed by atoms with Crippen LogP contribution in [0.5, 0.6) is 17.2 Å². The third kappa shape index (κ3) is 6.85. The van der Waals surface area contributed by atoms with Gasteiger partial charge in [-0.2, -0.15) is 0 Å². The number of hydrazine groups is 1. The van der Waals surface area contributed by atoms with Gasteiger partial charge >= 0.3 is 0 Å². The molecule has 2 amide bonds. The molecule has 1 aromatic heterocycles. The number of pyridine rings is 1. The molecule has 0 saturated heterocycles. The lowest BCUT2D eigenvalue weighted by Gasteiger charge is -2.10. The van der Waals surface area contributed by atoms with Crippen LogP contribution < -0.4 is 20.3 Å². The molecule has 2 N–H and O–H groups in total. The van der Waals surface area contributed by atoms with E-state index in [1.165, 1.54) is 0 Å². The maximum atomic E-state index is 12.3. The van der Waals surface area contributed by atoms with E-state index in [2.05, 4.69) is 22.8 Å². The molecule has 0 aliphatic carbocycles. The Morgan fingerprint density at radius 3 is 1.97 bits per heavy atom. The molecule has 0 aliphatic heterocycles. The number of benzene rings is 2. The van der Waals surface area contributed by atoms with Crippen LogP contribution in [-0.4, -0.2) is 23.4 Å². The smallest absolute Gasteiger partial charge is 0.269 e. The van der Waals surface area contributed by atoms with Crippen molar-refractivity contribution in [2.75, 3.05) is 6.61 Å². The first-order chi connectivity index (χ1) is 15.2. The molecule has 0 radical (unpaired) electrons. The van der Waals surface area contributed by atoms with Crippen molar-refractivity contribution in [3.63, 3.8) is 0 Å². The number of unbranched alkanes of at least 4 members (excludes halogenated alkanes) is 2. The Morgan fingerprint density at radius 2 is 1.42 bits per heavy atom. The number of hydrogen-bond acceptors (Lipinski definition) is 5. The van der Waals surface area contributed by atoms with Gasteiger partial charge in [0.05, 0.1) is 12.8 Å². The number of amides is 2. The van der Waals surface area contributed by atoms with Gasteiger partial charge in [-0.1, -0.05) is 19.8 Å². The Morgan fingerprint density at radius 1 is 0.806 bits per heavy atom. The molecule has 2 aromatic carbocycles. The van der Waals surface area contributed by atoms with Crippen LogP contribution >= 0.6 is 0 Å². The van der Waals surface area contributed by atoms with E-state index in [4.69, 9.17) is 9.47 Å². The highest BCUT2D eigenvalue weighted by Gasteiger charge is 2.10. The number of nitrogens with zero attached hydrogens (tertiary/aromatic N) is 1. The van der Waals surface area contributed by atoms with Crippen molar-refractivity contribution < 1.29 is 19.1 Å². The van der Waals surface area contributed by atoms with Gasteiger partial charge in [0.2, 0.25) is 0 Å². The number of aromatic nitrogens is 1. The third-order valence-electron chi connectivity index (χ3n) is 4.41. The van der Waals surface area contributed by atoms with Crippen LogP contribution in [0.3, 0.4) is 0 Å². The van der Waals surface area contributed by atoms with Crippen molar-refractivity contribution in [2.45, 2.75) is 26.2 Å². The molecule has 0 bridgehead atoms. The van der Waals surface area contributed by atoms with Crippen LogP contribution in [-0.2, 0) is 0 Å². The molecule has 0 aliphatic rings. The van der Waals surface area contributed by atoms with Crippen molar-refractivity contribution in [3.05, 3.63) is 84.2 Å². The fourth-order valence-electron chi connectivity index (χ4n) is 2.72. The lowest BCUT2D eigenvalue weighted by atomic mass is 10.2. The Hall–Kier alpha value is -3.87. The van der Waals surface area contributed by atoms with E-state index < -0.39 is 11.8 Å². The normalized spacial score (nSPS) is 10.2. The summed E-state index contributed by atoms with van der Waals surface area (Å²) < 4.78 is 11.3. The number of rotatable bonds is 9. The van der Waals surface area contributed by atoms with Gasteiger partial charge in [-0.15, -0.1) is 0 Å². The average Bonchev–Trinajstić information content (AvgIpc) is 2.81. The highest BCUT2D eigenvalue weighted by molar-refractivity contribution is 5.99. The maximum Gasteiger partial charge on any atom is 0.269 e. The molecule has 160 valence electrons. The van der Waals surface area contributed by atoms with Gasteiger partial charge in [0, 0.05) is 17.3 Å². The zero-order valence-corrected chi connectivity index (χ0v) is 17.3. The third-order valence-corrected chi connectivity index (χ3v) is 4.41. The molecule has 3 rings (SSSR count). The number of carbonyl (C=O) groups is 2. The van der Waals surface area contributed by atoms with Gasteiger partial charge in [-0.05, 0) is 67.1 Å². The second-order valence-electron chi connectivity index (χ2n) is 6.80. The van der Waals surface area contributed by atoms with Gasteiger partial charge in [-0.3, -0.25) is 25.4 Å². The minimum absolute atomic E-state index is 0.384. The average molecular weight is 419 g/mol. The summed E-state index contributed by atoms with van der Waals surface area (Å²) >= 11 is 0. The van der Waals surface area contributed by atoms with Crippen LogP contribution in [0.1, 0.15) is 46.9 Å². The number of carbonyl (C=O) groups excluding carboxylic acids is 2. The minimum atomic E-state index is -0.433. The molecular formula is C24H25N3O4. The van der Waals surface area contributed by atoms with Crippen LogP contribution in [0.4, 0.5) is 0 Å². The molecule has 0 fully saturated rings. The van der Waals surface area contributed by atoms with Gasteiger partial charge in [-0.25, -0.2) is 0 Å². The number of hydrogen-bond donors (Lipinski definition) is 2. The number of nitrogens with one attached hydrogen (secondary N) is 2. The first kappa shape index (κ1) is 21.8. The lowest BCUT2D eigenvalue weighted by molar-refractivity contribution is 0.0846. The Kier molecular flexibility index (Phi) is 7.99. The number of ether oxygens (including phenoxy) is 2. The van der Waals surface area contributed by atoms with Crippen LogP contribution in [0.2, 0.25) is 0 Å². The molecule has 0 saturated carbocycles. The van der Waals surface area contributed by atoms with E-state index >= 15 is 0 Å². The van der Waals surface area contributed by atoms with Crippen molar-refractivity contribution in [1.82, 2.24) is 15.8 Å². The van der Waals surface area contributed by atoms with E-state index in [9.17, 15) is 9.59 Å². The highest BCUT2D eigenvalue weighted by Crippen LogP contribution is 2.20. The van der Waals surface area contributed by atoms with Crippen LogP contribution in [0, 0.1) is 0 Å². The molecule has 0 atom stereocenters. The summed E-state index contributed by atoms with van der Waals surface area (Å²) in [5.74, 6) is 1.04. The summed E-state index contributed by atoms with van der Waals surface area (Å²) in [4.78, 5) is 28.5. The molecule has 1 heterocycles. The maximum absolute atomic E-state index is 12.3. The standard InChI is InChI=1S/C24H25N3O4/c1-2-3-4-16-30-20-11-7-18(8-12-20)23(28)26-27-24(29)19-9-13-21(14-10-19)31-22-6-5-15-25-17-22/h5-15,17H,2-4,16H2,1H3,(H,26,28)(H,27,29). The van der Waals surface area contributed by atoms with Gasteiger partial charge in [0.25, 0.3) is 11.8 Å². The van der Waals surface area contributed by atoms with Gasteiger partial charge in [0.1, 0.15) is 17.2 Å². The van der Waals surface area contributed by atoms with E-state index in [0.717, 1.165) is 19.3 Å². The fraction of sp³-hybridized carbons (Fsp3) is 0.208. The van der Waals surface area contributed by atoms with Crippen LogP contribution in [0.25, 0.3) is 0 Å². The van der Waals surface area contributed by atoms with E-state index in [1.807, 2.05) is 0 Å².